The first kappa shape index (κ1) is 11.7. The van der Waals surface area contributed by atoms with Gasteiger partial charge in [-0.3, -0.25) is 20.4 Å². The van der Waals surface area contributed by atoms with Gasteiger partial charge >= 0.3 is 0 Å². The largest absolute Gasteiger partial charge is 0.279 e. The molecule has 0 fully saturated rings. The maximum absolute atomic E-state index is 11.4. The minimum absolute atomic E-state index is 0.312. The molecule has 1 rings (SSSR count). The smallest absolute Gasteiger partial charge is 0.274 e. The topological polar surface area (TPSA) is 58.2 Å². The Balaban J connectivity index is 2.65. The van der Waals surface area contributed by atoms with Crippen LogP contribution < -0.4 is 10.9 Å². The van der Waals surface area contributed by atoms with E-state index in [-0.39, 0.29) is 11.8 Å². The third-order valence-electron chi connectivity index (χ3n) is 1.22. The Labute approximate surface area is 101 Å². The lowest BCUT2D eigenvalue weighted by Gasteiger charge is -2.01. The molecule has 0 aliphatic rings. The van der Waals surface area contributed by atoms with E-state index >= 15 is 0 Å². The molecule has 0 saturated heterocycles. The molecule has 76 valence electrons. The molecule has 0 aromatic carbocycles. The highest BCUT2D eigenvalue weighted by Gasteiger charge is 2.11. The summed E-state index contributed by atoms with van der Waals surface area (Å²) in [7, 11) is 0. The van der Waals surface area contributed by atoms with Crippen molar-refractivity contribution in [3.05, 3.63) is 19.2 Å². The lowest BCUT2D eigenvalue weighted by Crippen LogP contribution is -2.39. The Morgan fingerprint density at radius 1 is 1.36 bits per heavy atom. The summed E-state index contributed by atoms with van der Waals surface area (Å²) >= 11 is 7.81. The fourth-order valence-corrected chi connectivity index (χ4v) is 2.60. The molecule has 1 aromatic heterocycles. The number of rotatable bonds is 1. The molecule has 0 spiro atoms. The zero-order chi connectivity index (χ0) is 10.7. The number of nitrogens with one attached hydrogen (secondary N) is 2. The van der Waals surface area contributed by atoms with Gasteiger partial charge in [-0.1, -0.05) is 0 Å². The van der Waals surface area contributed by atoms with Crippen LogP contribution in [-0.4, -0.2) is 11.8 Å². The Bertz CT molecular complexity index is 358. The summed E-state index contributed by atoms with van der Waals surface area (Å²) in [6.45, 7) is 1.32. The maximum atomic E-state index is 11.4. The predicted octanol–water partition coefficient (Wildman–Crippen LogP) is 2.05. The van der Waals surface area contributed by atoms with E-state index in [4.69, 9.17) is 0 Å². The van der Waals surface area contributed by atoms with Crippen LogP contribution in [0.4, 0.5) is 0 Å². The lowest BCUT2D eigenvalue weighted by atomic mass is 10.4. The predicted molar refractivity (Wildman–Crippen MR) is 61.0 cm³/mol. The zero-order valence-electron chi connectivity index (χ0n) is 7.06. The van der Waals surface area contributed by atoms with E-state index in [0.29, 0.717) is 4.88 Å². The zero-order valence-corrected chi connectivity index (χ0v) is 11.0. The number of hydrogen-bond donors (Lipinski definition) is 2. The highest BCUT2D eigenvalue weighted by molar-refractivity contribution is 9.13. The molecule has 1 aromatic rings. The van der Waals surface area contributed by atoms with Gasteiger partial charge in [-0.15, -0.1) is 11.3 Å². The molecular formula is C7H6Br2N2O2S. The molecule has 2 N–H and O–H groups in total. The van der Waals surface area contributed by atoms with E-state index in [1.165, 1.54) is 18.3 Å². The molecule has 0 unspecified atom stereocenters. The maximum Gasteiger partial charge on any atom is 0.279 e. The molecule has 0 aliphatic carbocycles. The Hall–Kier alpha value is -0.400. The minimum atomic E-state index is -0.336. The number of hydrogen-bond acceptors (Lipinski definition) is 3. The molecule has 0 saturated carbocycles. The van der Waals surface area contributed by atoms with Crippen LogP contribution in [0.5, 0.6) is 0 Å². The minimum Gasteiger partial charge on any atom is -0.274 e. The van der Waals surface area contributed by atoms with Crippen molar-refractivity contribution in [2.75, 3.05) is 0 Å². The first-order valence-corrected chi connectivity index (χ1v) is 5.92. The van der Waals surface area contributed by atoms with Gasteiger partial charge in [0.15, 0.2) is 0 Å². The van der Waals surface area contributed by atoms with Crippen LogP contribution in [0, 0.1) is 0 Å². The van der Waals surface area contributed by atoms with Crippen LogP contribution >= 0.6 is 43.2 Å². The van der Waals surface area contributed by atoms with E-state index in [2.05, 4.69) is 42.7 Å². The molecular weight excluding hydrogens is 336 g/mol. The highest BCUT2D eigenvalue weighted by Crippen LogP contribution is 2.32. The van der Waals surface area contributed by atoms with Gasteiger partial charge in [0.05, 0.1) is 8.66 Å². The van der Waals surface area contributed by atoms with Crippen molar-refractivity contribution in [3.8, 4) is 0 Å². The van der Waals surface area contributed by atoms with Crippen LogP contribution in [0.2, 0.25) is 0 Å². The fourth-order valence-electron chi connectivity index (χ4n) is 0.665. The second-order valence-electron chi connectivity index (χ2n) is 2.37. The van der Waals surface area contributed by atoms with E-state index in [0.717, 1.165) is 8.26 Å². The van der Waals surface area contributed by atoms with Crippen molar-refractivity contribution in [1.29, 1.82) is 0 Å². The van der Waals surface area contributed by atoms with Crippen molar-refractivity contribution < 1.29 is 9.59 Å². The molecule has 0 bridgehead atoms. The summed E-state index contributed by atoms with van der Waals surface area (Å²) in [5, 5.41) is 0. The lowest BCUT2D eigenvalue weighted by molar-refractivity contribution is -0.119. The highest BCUT2D eigenvalue weighted by atomic mass is 79.9. The quantitative estimate of drug-likeness (QED) is 0.768. The Kier molecular flexibility index (Phi) is 4.09. The SMILES string of the molecule is CC(=O)NNC(=O)c1cc(Br)c(Br)s1. The van der Waals surface area contributed by atoms with Gasteiger partial charge in [0.2, 0.25) is 5.91 Å². The second-order valence-corrected chi connectivity index (χ2v) is 5.59. The molecule has 14 heavy (non-hydrogen) atoms. The third kappa shape index (κ3) is 3.07. The van der Waals surface area contributed by atoms with Gasteiger partial charge in [0.1, 0.15) is 0 Å². The number of amides is 2. The van der Waals surface area contributed by atoms with Gasteiger partial charge in [-0.05, 0) is 37.9 Å². The number of carbonyl (C=O) groups is 2. The average Bonchev–Trinajstić information content (AvgIpc) is 2.43. The summed E-state index contributed by atoms with van der Waals surface area (Å²) < 4.78 is 1.65. The molecule has 2 amide bonds. The van der Waals surface area contributed by atoms with Crippen molar-refractivity contribution in [2.45, 2.75) is 6.92 Å². The monoisotopic (exact) mass is 340 g/mol. The summed E-state index contributed by atoms with van der Waals surface area (Å²) in [5.41, 5.74) is 4.48. The third-order valence-corrected chi connectivity index (χ3v) is 4.48. The van der Waals surface area contributed by atoms with Crippen LogP contribution in [0.3, 0.4) is 0 Å². The average molecular weight is 342 g/mol. The number of thiophene rings is 1. The van der Waals surface area contributed by atoms with Gasteiger partial charge in [0.25, 0.3) is 5.91 Å². The van der Waals surface area contributed by atoms with E-state index in [9.17, 15) is 9.59 Å². The van der Waals surface area contributed by atoms with Crippen LogP contribution in [0.1, 0.15) is 16.6 Å². The molecule has 0 atom stereocenters. The van der Waals surface area contributed by atoms with E-state index in [1.807, 2.05) is 0 Å². The van der Waals surface area contributed by atoms with Crippen molar-refractivity contribution in [1.82, 2.24) is 10.9 Å². The molecule has 0 radical (unpaired) electrons. The van der Waals surface area contributed by atoms with E-state index in [1.54, 1.807) is 6.07 Å². The Morgan fingerprint density at radius 2 is 2.00 bits per heavy atom. The van der Waals surface area contributed by atoms with Gasteiger partial charge in [0, 0.05) is 11.4 Å². The summed E-state index contributed by atoms with van der Waals surface area (Å²) in [6, 6.07) is 1.67. The van der Waals surface area contributed by atoms with Crippen LogP contribution in [0.25, 0.3) is 0 Å². The number of carbonyl (C=O) groups excluding carboxylic acids is 2. The summed E-state index contributed by atoms with van der Waals surface area (Å²) in [5.74, 6) is -0.648. The molecule has 1 heterocycles. The Morgan fingerprint density at radius 3 is 2.43 bits per heavy atom. The van der Waals surface area contributed by atoms with Crippen molar-refractivity contribution in [2.24, 2.45) is 0 Å². The van der Waals surface area contributed by atoms with Gasteiger partial charge in [-0.25, -0.2) is 0 Å². The first-order valence-electron chi connectivity index (χ1n) is 3.52. The second kappa shape index (κ2) is 4.90. The van der Waals surface area contributed by atoms with Gasteiger partial charge in [-0.2, -0.15) is 0 Å². The van der Waals surface area contributed by atoms with E-state index < -0.39 is 0 Å². The van der Waals surface area contributed by atoms with Crippen molar-refractivity contribution in [3.63, 3.8) is 0 Å². The van der Waals surface area contributed by atoms with Crippen LogP contribution in [-0.2, 0) is 4.79 Å². The summed E-state index contributed by atoms with van der Waals surface area (Å²) in [6.07, 6.45) is 0. The summed E-state index contributed by atoms with van der Waals surface area (Å²) in [4.78, 5) is 22.4. The molecule has 4 nitrogen and oxygen atoms in total. The number of hydrazine groups is 1. The normalized spacial score (nSPS) is 9.64. The molecule has 0 aliphatic heterocycles. The fraction of sp³-hybridized carbons (Fsp3) is 0.143. The molecule has 7 heteroatoms. The van der Waals surface area contributed by atoms with Gasteiger partial charge < -0.3 is 0 Å². The number of halogens is 2. The standard InChI is InChI=1S/C7H6Br2N2O2S/c1-3(12)10-11-7(13)5-2-4(8)6(9)14-5/h2H,1H3,(H,10,12)(H,11,13). The van der Waals surface area contributed by atoms with Crippen LogP contribution in [0.15, 0.2) is 14.3 Å². The van der Waals surface area contributed by atoms with Crippen molar-refractivity contribution >= 4 is 55.0 Å². The first-order chi connectivity index (χ1) is 6.50.